The summed E-state index contributed by atoms with van der Waals surface area (Å²) < 4.78 is 2.70. The summed E-state index contributed by atoms with van der Waals surface area (Å²) in [7, 11) is 1.49. The first-order valence-electron chi connectivity index (χ1n) is 6.98. The van der Waals surface area contributed by atoms with E-state index in [4.69, 9.17) is 5.73 Å². The Kier molecular flexibility index (Phi) is 4.39. The average Bonchev–Trinajstić information content (AvgIpc) is 2.87. The molecule has 0 aliphatic heterocycles. The fraction of sp³-hybridized carbons (Fsp3) is 0.615. The van der Waals surface area contributed by atoms with Gasteiger partial charge in [0.1, 0.15) is 11.3 Å². The summed E-state index contributed by atoms with van der Waals surface area (Å²) in [5.41, 5.74) is 5.70. The lowest BCUT2D eigenvalue weighted by molar-refractivity contribution is 0.584. The first-order chi connectivity index (χ1) is 9.60. The van der Waals surface area contributed by atoms with Crippen LogP contribution in [0.5, 0.6) is 0 Å². The van der Waals surface area contributed by atoms with Crippen molar-refractivity contribution in [2.75, 3.05) is 6.54 Å². The summed E-state index contributed by atoms with van der Waals surface area (Å²) in [6.07, 6.45) is 3.31. The van der Waals surface area contributed by atoms with Crippen LogP contribution in [0.4, 0.5) is 0 Å². The number of nitrogens with two attached hydrogens (primary N) is 1. The summed E-state index contributed by atoms with van der Waals surface area (Å²) >= 11 is 0. The predicted molar refractivity (Wildman–Crippen MR) is 77.9 cm³/mol. The van der Waals surface area contributed by atoms with Gasteiger partial charge in [-0.3, -0.25) is 13.9 Å². The Morgan fingerprint density at radius 1 is 1.30 bits per heavy atom. The van der Waals surface area contributed by atoms with Gasteiger partial charge in [-0.1, -0.05) is 13.3 Å². The molecule has 0 spiro atoms. The van der Waals surface area contributed by atoms with Crippen LogP contribution in [0.15, 0.2) is 9.59 Å². The molecule has 0 bridgehead atoms. The summed E-state index contributed by atoms with van der Waals surface area (Å²) in [6, 6.07) is 0. The maximum absolute atomic E-state index is 12.2. The van der Waals surface area contributed by atoms with E-state index in [9.17, 15) is 9.59 Å². The highest BCUT2D eigenvalue weighted by Crippen LogP contribution is 2.08. The number of imidazole rings is 1. The van der Waals surface area contributed by atoms with Crippen LogP contribution >= 0.6 is 0 Å². The molecule has 0 atom stereocenters. The number of aryl methyl sites for hydroxylation is 2. The van der Waals surface area contributed by atoms with Crippen LogP contribution in [-0.2, 0) is 20.0 Å². The number of hydrogen-bond donors (Lipinski definition) is 2. The zero-order valence-electron chi connectivity index (χ0n) is 12.0. The zero-order valence-corrected chi connectivity index (χ0v) is 12.0. The van der Waals surface area contributed by atoms with Crippen molar-refractivity contribution in [3.63, 3.8) is 0 Å². The molecular weight excluding hydrogens is 258 g/mol. The number of fused-ring (bicyclic) bond motifs is 1. The minimum Gasteiger partial charge on any atom is -0.336 e. The molecule has 7 heteroatoms. The molecule has 3 N–H and O–H groups in total. The highest BCUT2D eigenvalue weighted by Gasteiger charge is 2.14. The SMILES string of the molecule is CCCCn1c(=O)n(C)c(=O)c2[nH]c(CCCN)nc21. The van der Waals surface area contributed by atoms with Gasteiger partial charge in [-0.25, -0.2) is 9.78 Å². The smallest absolute Gasteiger partial charge is 0.332 e. The van der Waals surface area contributed by atoms with Gasteiger partial charge in [-0.05, 0) is 19.4 Å². The van der Waals surface area contributed by atoms with Crippen LogP contribution in [0.2, 0.25) is 0 Å². The Labute approximate surface area is 116 Å². The summed E-state index contributed by atoms with van der Waals surface area (Å²) in [4.78, 5) is 31.7. The van der Waals surface area contributed by atoms with E-state index in [0.717, 1.165) is 23.8 Å². The molecule has 0 saturated carbocycles. The Bertz CT molecular complexity index is 710. The van der Waals surface area contributed by atoms with Gasteiger partial charge in [0.05, 0.1) is 0 Å². The quantitative estimate of drug-likeness (QED) is 0.784. The number of H-pyrrole nitrogens is 1. The number of nitrogens with zero attached hydrogens (tertiary/aromatic N) is 3. The normalized spacial score (nSPS) is 11.3. The molecule has 2 aromatic rings. The van der Waals surface area contributed by atoms with Gasteiger partial charge >= 0.3 is 5.69 Å². The number of aromatic amines is 1. The van der Waals surface area contributed by atoms with Crippen molar-refractivity contribution in [3.8, 4) is 0 Å². The lowest BCUT2D eigenvalue weighted by Gasteiger charge is -2.07. The molecule has 0 unspecified atom stereocenters. The Balaban J connectivity index is 2.60. The van der Waals surface area contributed by atoms with Crippen LogP contribution < -0.4 is 17.0 Å². The summed E-state index contributed by atoms with van der Waals surface area (Å²) in [5, 5.41) is 0. The monoisotopic (exact) mass is 279 g/mol. The molecule has 0 aliphatic carbocycles. The third kappa shape index (κ3) is 2.53. The van der Waals surface area contributed by atoms with Crippen molar-refractivity contribution in [2.24, 2.45) is 12.8 Å². The minimum atomic E-state index is -0.329. The summed E-state index contributed by atoms with van der Waals surface area (Å²) in [6.45, 7) is 3.19. The van der Waals surface area contributed by atoms with Gasteiger partial charge in [0, 0.05) is 20.0 Å². The zero-order chi connectivity index (χ0) is 14.7. The molecular formula is C13H21N5O2. The molecule has 2 aromatic heterocycles. The number of nitrogens with one attached hydrogen (secondary N) is 1. The van der Waals surface area contributed by atoms with Crippen molar-refractivity contribution in [3.05, 3.63) is 26.7 Å². The first kappa shape index (κ1) is 14.5. The fourth-order valence-corrected chi connectivity index (χ4v) is 2.19. The molecule has 110 valence electrons. The predicted octanol–water partition coefficient (Wildman–Crippen LogP) is 0.115. The Hall–Kier alpha value is -1.89. The van der Waals surface area contributed by atoms with E-state index in [1.807, 2.05) is 0 Å². The highest BCUT2D eigenvalue weighted by atomic mass is 16.2. The van der Waals surface area contributed by atoms with Crippen LogP contribution in [0.25, 0.3) is 11.2 Å². The number of aromatic nitrogens is 4. The van der Waals surface area contributed by atoms with Crippen LogP contribution in [0.3, 0.4) is 0 Å². The van der Waals surface area contributed by atoms with Crippen LogP contribution in [0, 0.1) is 0 Å². The molecule has 20 heavy (non-hydrogen) atoms. The van der Waals surface area contributed by atoms with E-state index in [0.29, 0.717) is 36.5 Å². The average molecular weight is 279 g/mol. The second-order valence-corrected chi connectivity index (χ2v) is 4.93. The van der Waals surface area contributed by atoms with Gasteiger partial charge in [-0.2, -0.15) is 0 Å². The van der Waals surface area contributed by atoms with Crippen LogP contribution in [0.1, 0.15) is 32.0 Å². The van der Waals surface area contributed by atoms with E-state index >= 15 is 0 Å². The number of hydrogen-bond acceptors (Lipinski definition) is 4. The Morgan fingerprint density at radius 2 is 2.05 bits per heavy atom. The molecule has 0 aromatic carbocycles. The van der Waals surface area contributed by atoms with Crippen LogP contribution in [-0.4, -0.2) is 25.6 Å². The maximum Gasteiger partial charge on any atom is 0.332 e. The third-order valence-electron chi connectivity index (χ3n) is 3.38. The minimum absolute atomic E-state index is 0.312. The third-order valence-corrected chi connectivity index (χ3v) is 3.38. The van der Waals surface area contributed by atoms with Crippen molar-refractivity contribution in [2.45, 2.75) is 39.2 Å². The highest BCUT2D eigenvalue weighted by molar-refractivity contribution is 5.69. The molecule has 0 radical (unpaired) electrons. The number of unbranched alkanes of at least 4 members (excludes halogenated alkanes) is 1. The van der Waals surface area contributed by atoms with Gasteiger partial charge in [0.15, 0.2) is 5.65 Å². The molecule has 2 heterocycles. The van der Waals surface area contributed by atoms with E-state index < -0.39 is 0 Å². The molecule has 7 nitrogen and oxygen atoms in total. The van der Waals surface area contributed by atoms with Gasteiger partial charge in [0.25, 0.3) is 5.56 Å². The molecule has 0 amide bonds. The van der Waals surface area contributed by atoms with E-state index in [-0.39, 0.29) is 11.2 Å². The lowest BCUT2D eigenvalue weighted by atomic mass is 10.3. The fourth-order valence-electron chi connectivity index (χ4n) is 2.19. The van der Waals surface area contributed by atoms with Gasteiger partial charge in [0.2, 0.25) is 0 Å². The van der Waals surface area contributed by atoms with E-state index in [1.165, 1.54) is 7.05 Å². The first-order valence-corrected chi connectivity index (χ1v) is 6.98. The second-order valence-electron chi connectivity index (χ2n) is 4.93. The maximum atomic E-state index is 12.2. The number of rotatable bonds is 6. The second kappa shape index (κ2) is 6.04. The summed E-state index contributed by atoms with van der Waals surface area (Å²) in [5.74, 6) is 0.707. The molecule has 2 rings (SSSR count). The Morgan fingerprint density at radius 3 is 2.70 bits per heavy atom. The largest absolute Gasteiger partial charge is 0.336 e. The van der Waals surface area contributed by atoms with E-state index in [2.05, 4.69) is 16.9 Å². The van der Waals surface area contributed by atoms with Gasteiger partial charge in [-0.15, -0.1) is 0 Å². The lowest BCUT2D eigenvalue weighted by Crippen LogP contribution is -2.38. The van der Waals surface area contributed by atoms with Crippen molar-refractivity contribution in [1.82, 2.24) is 19.1 Å². The standard InChI is InChI=1S/C13H21N5O2/c1-3-4-8-18-11-10(12(19)17(2)13(18)20)15-9(16-11)6-5-7-14/h3-8,14H2,1-2H3,(H,15,16). The van der Waals surface area contributed by atoms with Gasteiger partial charge < -0.3 is 10.7 Å². The van der Waals surface area contributed by atoms with Crippen molar-refractivity contribution >= 4 is 11.2 Å². The molecule has 0 fully saturated rings. The van der Waals surface area contributed by atoms with Crippen molar-refractivity contribution < 1.29 is 0 Å². The van der Waals surface area contributed by atoms with Crippen molar-refractivity contribution in [1.29, 1.82) is 0 Å². The molecule has 0 saturated heterocycles. The molecule has 0 aliphatic rings. The topological polar surface area (TPSA) is 98.7 Å². The van der Waals surface area contributed by atoms with E-state index in [1.54, 1.807) is 4.57 Å².